The summed E-state index contributed by atoms with van der Waals surface area (Å²) in [5, 5.41) is 9.80. The van der Waals surface area contributed by atoms with Gasteiger partial charge in [-0.05, 0) is 23.8 Å². The Morgan fingerprint density at radius 1 is 1.28 bits per heavy atom. The van der Waals surface area contributed by atoms with Gasteiger partial charge in [0.05, 0.1) is 5.92 Å². The predicted molar refractivity (Wildman–Crippen MR) is 67.6 cm³/mol. The van der Waals surface area contributed by atoms with E-state index in [0.29, 0.717) is 16.4 Å². The summed E-state index contributed by atoms with van der Waals surface area (Å²) in [5.41, 5.74) is 0.655. The predicted octanol–water partition coefficient (Wildman–Crippen LogP) is 2.54. The first kappa shape index (κ1) is 12.5. The SMILES string of the molecule is O=C(O)C(Cc1ncccn1)c1cccc(Cl)c1. The zero-order valence-electron chi connectivity index (χ0n) is 9.45. The molecule has 0 saturated carbocycles. The largest absolute Gasteiger partial charge is 0.481 e. The van der Waals surface area contributed by atoms with Crippen LogP contribution >= 0.6 is 11.6 Å². The lowest BCUT2D eigenvalue weighted by Crippen LogP contribution is -2.15. The van der Waals surface area contributed by atoms with Crippen molar-refractivity contribution >= 4 is 17.6 Å². The molecule has 0 spiro atoms. The summed E-state index contributed by atoms with van der Waals surface area (Å²) in [4.78, 5) is 19.4. The van der Waals surface area contributed by atoms with Crippen molar-refractivity contribution in [1.82, 2.24) is 9.97 Å². The van der Waals surface area contributed by atoms with Crippen LogP contribution in [0.3, 0.4) is 0 Å². The molecule has 92 valence electrons. The van der Waals surface area contributed by atoms with E-state index in [9.17, 15) is 9.90 Å². The molecular formula is C13H11ClN2O2. The molecule has 5 heteroatoms. The zero-order valence-corrected chi connectivity index (χ0v) is 10.2. The Morgan fingerprint density at radius 3 is 2.61 bits per heavy atom. The molecule has 0 bridgehead atoms. The molecule has 0 saturated heterocycles. The summed E-state index contributed by atoms with van der Waals surface area (Å²) >= 11 is 5.87. The highest BCUT2D eigenvalue weighted by Gasteiger charge is 2.21. The maximum absolute atomic E-state index is 11.3. The minimum absolute atomic E-state index is 0.247. The van der Waals surface area contributed by atoms with Gasteiger partial charge >= 0.3 is 5.97 Å². The molecule has 0 aliphatic heterocycles. The molecule has 1 atom stereocenters. The highest BCUT2D eigenvalue weighted by molar-refractivity contribution is 6.30. The fraction of sp³-hybridized carbons (Fsp3) is 0.154. The van der Waals surface area contributed by atoms with Crippen LogP contribution in [0.25, 0.3) is 0 Å². The van der Waals surface area contributed by atoms with E-state index in [0.717, 1.165) is 0 Å². The summed E-state index contributed by atoms with van der Waals surface area (Å²) in [5.74, 6) is -1.10. The van der Waals surface area contributed by atoms with Crippen molar-refractivity contribution in [3.63, 3.8) is 0 Å². The van der Waals surface area contributed by atoms with E-state index >= 15 is 0 Å². The van der Waals surface area contributed by atoms with Crippen molar-refractivity contribution < 1.29 is 9.90 Å². The number of aliphatic carboxylic acids is 1. The van der Waals surface area contributed by atoms with Crippen LogP contribution in [0.2, 0.25) is 5.02 Å². The molecule has 1 unspecified atom stereocenters. The number of hydrogen-bond donors (Lipinski definition) is 1. The van der Waals surface area contributed by atoms with Crippen LogP contribution in [0, 0.1) is 0 Å². The second kappa shape index (κ2) is 5.60. The van der Waals surface area contributed by atoms with Crippen LogP contribution in [0.15, 0.2) is 42.7 Å². The molecule has 1 heterocycles. The number of hydrogen-bond acceptors (Lipinski definition) is 3. The van der Waals surface area contributed by atoms with Crippen LogP contribution in [0.5, 0.6) is 0 Å². The number of rotatable bonds is 4. The van der Waals surface area contributed by atoms with E-state index in [4.69, 9.17) is 11.6 Å². The molecule has 0 radical (unpaired) electrons. The lowest BCUT2D eigenvalue weighted by molar-refractivity contribution is -0.138. The molecule has 0 amide bonds. The number of nitrogens with zero attached hydrogens (tertiary/aromatic N) is 2. The maximum Gasteiger partial charge on any atom is 0.311 e. The first-order chi connectivity index (χ1) is 8.66. The molecule has 0 aliphatic carbocycles. The molecule has 1 aromatic heterocycles. The Kier molecular flexibility index (Phi) is 3.89. The van der Waals surface area contributed by atoms with Gasteiger partial charge in [-0.1, -0.05) is 23.7 Å². The quantitative estimate of drug-likeness (QED) is 0.920. The van der Waals surface area contributed by atoms with Gasteiger partial charge in [-0.3, -0.25) is 4.79 Å². The summed E-state index contributed by atoms with van der Waals surface area (Å²) in [6.07, 6.45) is 3.44. The van der Waals surface area contributed by atoms with Gasteiger partial charge in [0.15, 0.2) is 0 Å². The Balaban J connectivity index is 2.27. The van der Waals surface area contributed by atoms with Crippen molar-refractivity contribution in [3.8, 4) is 0 Å². The molecule has 4 nitrogen and oxygen atoms in total. The number of carbonyl (C=O) groups is 1. The third-order valence-corrected chi connectivity index (χ3v) is 2.79. The normalized spacial score (nSPS) is 12.1. The van der Waals surface area contributed by atoms with Gasteiger partial charge in [-0.25, -0.2) is 9.97 Å². The van der Waals surface area contributed by atoms with Gasteiger partial charge in [-0.15, -0.1) is 0 Å². The highest BCUT2D eigenvalue weighted by atomic mass is 35.5. The third kappa shape index (κ3) is 3.05. The molecular weight excluding hydrogens is 252 g/mol. The lowest BCUT2D eigenvalue weighted by Gasteiger charge is -2.11. The van der Waals surface area contributed by atoms with Crippen molar-refractivity contribution in [2.24, 2.45) is 0 Å². The van der Waals surface area contributed by atoms with Gasteiger partial charge in [0.25, 0.3) is 0 Å². The van der Waals surface area contributed by atoms with Crippen LogP contribution < -0.4 is 0 Å². The topological polar surface area (TPSA) is 63.1 Å². The third-order valence-electron chi connectivity index (χ3n) is 2.56. The summed E-state index contributed by atoms with van der Waals surface area (Å²) in [7, 11) is 0. The number of benzene rings is 1. The van der Waals surface area contributed by atoms with Crippen LogP contribution in [0.1, 0.15) is 17.3 Å². The van der Waals surface area contributed by atoms with E-state index in [1.807, 2.05) is 0 Å². The average Bonchev–Trinajstić information content (AvgIpc) is 2.37. The molecule has 0 fully saturated rings. The smallest absolute Gasteiger partial charge is 0.311 e. The van der Waals surface area contributed by atoms with Gasteiger partial charge in [0.2, 0.25) is 0 Å². The number of aromatic nitrogens is 2. The minimum atomic E-state index is -0.912. The summed E-state index contributed by atoms with van der Waals surface area (Å²) in [6, 6.07) is 8.54. The van der Waals surface area contributed by atoms with Gasteiger partial charge in [0.1, 0.15) is 5.82 Å². The van der Waals surface area contributed by atoms with E-state index in [2.05, 4.69) is 9.97 Å². The van der Waals surface area contributed by atoms with Gasteiger partial charge in [0, 0.05) is 23.8 Å². The maximum atomic E-state index is 11.3. The number of carboxylic acids is 1. The summed E-state index contributed by atoms with van der Waals surface area (Å²) < 4.78 is 0. The van der Waals surface area contributed by atoms with Gasteiger partial charge in [-0.2, -0.15) is 0 Å². The second-order valence-corrected chi connectivity index (χ2v) is 4.25. The van der Waals surface area contributed by atoms with E-state index in [1.54, 1.807) is 42.7 Å². The molecule has 1 N–H and O–H groups in total. The Bertz CT molecular complexity index is 546. The molecule has 0 aliphatic rings. The van der Waals surface area contributed by atoms with Crippen molar-refractivity contribution in [2.75, 3.05) is 0 Å². The van der Waals surface area contributed by atoms with Crippen LogP contribution in [0.4, 0.5) is 0 Å². The highest BCUT2D eigenvalue weighted by Crippen LogP contribution is 2.22. The number of carboxylic acid groups (broad SMARTS) is 1. The molecule has 1 aromatic carbocycles. The van der Waals surface area contributed by atoms with Crippen LogP contribution in [-0.4, -0.2) is 21.0 Å². The van der Waals surface area contributed by atoms with Crippen molar-refractivity contribution in [1.29, 1.82) is 0 Å². The lowest BCUT2D eigenvalue weighted by atomic mass is 9.95. The molecule has 2 rings (SSSR count). The average molecular weight is 263 g/mol. The Morgan fingerprint density at radius 2 is 2.00 bits per heavy atom. The van der Waals surface area contributed by atoms with Crippen molar-refractivity contribution in [3.05, 3.63) is 59.1 Å². The first-order valence-electron chi connectivity index (χ1n) is 5.41. The Hall–Kier alpha value is -1.94. The monoisotopic (exact) mass is 262 g/mol. The van der Waals surface area contributed by atoms with Gasteiger partial charge < -0.3 is 5.11 Å². The van der Waals surface area contributed by atoms with E-state index in [-0.39, 0.29) is 6.42 Å². The van der Waals surface area contributed by atoms with Crippen LogP contribution in [-0.2, 0) is 11.2 Å². The minimum Gasteiger partial charge on any atom is -0.481 e. The zero-order chi connectivity index (χ0) is 13.0. The van der Waals surface area contributed by atoms with Crippen molar-refractivity contribution in [2.45, 2.75) is 12.3 Å². The fourth-order valence-electron chi connectivity index (χ4n) is 1.69. The fourth-order valence-corrected chi connectivity index (χ4v) is 1.89. The second-order valence-electron chi connectivity index (χ2n) is 3.81. The Labute approximate surface area is 109 Å². The summed E-state index contributed by atoms with van der Waals surface area (Å²) in [6.45, 7) is 0. The first-order valence-corrected chi connectivity index (χ1v) is 5.79. The number of halogens is 1. The van der Waals surface area contributed by atoms with E-state index in [1.165, 1.54) is 0 Å². The molecule has 18 heavy (non-hydrogen) atoms. The molecule has 2 aromatic rings. The van der Waals surface area contributed by atoms with E-state index < -0.39 is 11.9 Å². The standard InChI is InChI=1S/C13H11ClN2O2/c14-10-4-1-3-9(7-10)11(13(17)18)8-12-15-5-2-6-16-12/h1-7,11H,8H2,(H,17,18).